The fourth-order valence-corrected chi connectivity index (χ4v) is 3.32. The van der Waals surface area contributed by atoms with Crippen molar-refractivity contribution in [3.63, 3.8) is 0 Å². The van der Waals surface area contributed by atoms with Crippen molar-refractivity contribution in [2.45, 2.75) is 56.1 Å². The smallest absolute Gasteiger partial charge is 0.315 e. The zero-order chi connectivity index (χ0) is 15.6. The van der Waals surface area contributed by atoms with E-state index in [0.29, 0.717) is 5.56 Å². The highest BCUT2D eigenvalue weighted by Crippen LogP contribution is 2.41. The molecular weight excluding hydrogens is 283 g/mol. The lowest BCUT2D eigenvalue weighted by Gasteiger charge is -2.32. The third-order valence-electron chi connectivity index (χ3n) is 4.77. The minimum absolute atomic E-state index is 0.0158. The largest absolute Gasteiger partial charge is 0.388 e. The highest BCUT2D eigenvalue weighted by Gasteiger charge is 2.41. The van der Waals surface area contributed by atoms with Gasteiger partial charge in [0.05, 0.1) is 5.60 Å². The summed E-state index contributed by atoms with van der Waals surface area (Å²) >= 11 is 0. The zero-order valence-corrected chi connectivity index (χ0v) is 12.6. The maximum atomic E-state index is 13.7. The van der Waals surface area contributed by atoms with E-state index < -0.39 is 5.60 Å². The van der Waals surface area contributed by atoms with Crippen molar-refractivity contribution in [1.82, 2.24) is 10.6 Å². The number of amides is 2. The van der Waals surface area contributed by atoms with Gasteiger partial charge in [0.1, 0.15) is 5.82 Å². The van der Waals surface area contributed by atoms with Crippen LogP contribution >= 0.6 is 0 Å². The molecule has 0 aromatic heterocycles. The van der Waals surface area contributed by atoms with Gasteiger partial charge in [-0.2, -0.15) is 0 Å². The Bertz CT molecular complexity index is 543. The average molecular weight is 306 g/mol. The van der Waals surface area contributed by atoms with Gasteiger partial charge in [-0.15, -0.1) is 0 Å². The normalized spacial score (nSPS) is 26.3. The summed E-state index contributed by atoms with van der Waals surface area (Å²) in [4.78, 5) is 11.9. The molecule has 0 heterocycles. The Kier molecular flexibility index (Phi) is 4.34. The van der Waals surface area contributed by atoms with Crippen molar-refractivity contribution in [3.8, 4) is 0 Å². The number of carbonyl (C=O) groups is 1. The summed E-state index contributed by atoms with van der Waals surface area (Å²) < 4.78 is 13.7. The van der Waals surface area contributed by atoms with Gasteiger partial charge in [-0.3, -0.25) is 0 Å². The van der Waals surface area contributed by atoms with Crippen molar-refractivity contribution in [1.29, 1.82) is 0 Å². The molecule has 2 aliphatic rings. The average Bonchev–Trinajstić information content (AvgIpc) is 3.25. The Morgan fingerprint density at radius 2 is 2.00 bits per heavy atom. The van der Waals surface area contributed by atoms with Gasteiger partial charge in [-0.1, -0.05) is 37.5 Å². The predicted octanol–water partition coefficient (Wildman–Crippen LogP) is 2.68. The summed E-state index contributed by atoms with van der Waals surface area (Å²) in [6, 6.07) is 6.40. The van der Waals surface area contributed by atoms with E-state index in [4.69, 9.17) is 0 Å². The molecule has 0 radical (unpaired) electrons. The van der Waals surface area contributed by atoms with Gasteiger partial charge in [0, 0.05) is 18.5 Å². The SMILES string of the molecule is O=C(NCC1(O)CCCCC1)NC1CC1c1ccccc1F. The van der Waals surface area contributed by atoms with Crippen LogP contribution in [0.25, 0.3) is 0 Å². The van der Waals surface area contributed by atoms with Crippen LogP contribution in [0.5, 0.6) is 0 Å². The van der Waals surface area contributed by atoms with E-state index in [1.807, 2.05) is 6.07 Å². The Morgan fingerprint density at radius 1 is 1.27 bits per heavy atom. The van der Waals surface area contributed by atoms with E-state index in [-0.39, 0.29) is 30.4 Å². The van der Waals surface area contributed by atoms with Crippen LogP contribution in [0.2, 0.25) is 0 Å². The van der Waals surface area contributed by atoms with E-state index in [1.54, 1.807) is 12.1 Å². The van der Waals surface area contributed by atoms with Crippen LogP contribution < -0.4 is 10.6 Å². The van der Waals surface area contributed by atoms with Crippen LogP contribution in [0.1, 0.15) is 50.0 Å². The first-order valence-electron chi connectivity index (χ1n) is 8.09. The molecule has 2 atom stereocenters. The fourth-order valence-electron chi connectivity index (χ4n) is 3.32. The van der Waals surface area contributed by atoms with Gasteiger partial charge in [0.2, 0.25) is 0 Å². The first-order valence-corrected chi connectivity index (χ1v) is 8.09. The van der Waals surface area contributed by atoms with E-state index in [1.165, 1.54) is 6.07 Å². The third kappa shape index (κ3) is 3.58. The van der Waals surface area contributed by atoms with E-state index in [9.17, 15) is 14.3 Å². The first kappa shape index (κ1) is 15.3. The maximum absolute atomic E-state index is 13.7. The standard InChI is InChI=1S/C17H23FN2O2/c18-14-7-3-2-6-12(14)13-10-15(13)20-16(21)19-11-17(22)8-4-1-5-9-17/h2-3,6-7,13,15,22H,1,4-5,8-11H2,(H2,19,20,21). The van der Waals surface area contributed by atoms with Gasteiger partial charge >= 0.3 is 6.03 Å². The molecule has 4 nitrogen and oxygen atoms in total. The minimum atomic E-state index is -0.760. The molecule has 3 rings (SSSR count). The second-order valence-electron chi connectivity index (χ2n) is 6.58. The first-order chi connectivity index (χ1) is 10.6. The van der Waals surface area contributed by atoms with Crippen LogP contribution in [0.4, 0.5) is 9.18 Å². The second-order valence-corrected chi connectivity index (χ2v) is 6.58. The number of halogens is 1. The topological polar surface area (TPSA) is 61.4 Å². The van der Waals surface area contributed by atoms with Crippen LogP contribution in [0, 0.1) is 5.82 Å². The lowest BCUT2D eigenvalue weighted by Crippen LogP contribution is -2.47. The predicted molar refractivity (Wildman–Crippen MR) is 82.1 cm³/mol. The number of rotatable bonds is 4. The molecule has 120 valence electrons. The molecule has 2 amide bonds. The molecule has 0 aliphatic heterocycles. The van der Waals surface area contributed by atoms with Gasteiger partial charge < -0.3 is 15.7 Å². The Hall–Kier alpha value is -1.62. The summed E-state index contributed by atoms with van der Waals surface area (Å²) in [7, 11) is 0. The van der Waals surface area contributed by atoms with Crippen molar-refractivity contribution in [2.24, 2.45) is 0 Å². The number of urea groups is 1. The maximum Gasteiger partial charge on any atom is 0.315 e. The summed E-state index contributed by atoms with van der Waals surface area (Å²) in [6.07, 6.45) is 5.43. The molecule has 2 fully saturated rings. The van der Waals surface area contributed by atoms with Crippen molar-refractivity contribution < 1.29 is 14.3 Å². The van der Waals surface area contributed by atoms with Crippen molar-refractivity contribution in [2.75, 3.05) is 6.54 Å². The Balaban J connectivity index is 1.45. The molecular formula is C17H23FN2O2. The Morgan fingerprint density at radius 3 is 2.73 bits per heavy atom. The molecule has 2 saturated carbocycles. The van der Waals surface area contributed by atoms with E-state index >= 15 is 0 Å². The second kappa shape index (κ2) is 6.24. The lowest BCUT2D eigenvalue weighted by atomic mass is 9.85. The molecule has 2 aliphatic carbocycles. The van der Waals surface area contributed by atoms with E-state index in [0.717, 1.165) is 38.5 Å². The number of benzene rings is 1. The van der Waals surface area contributed by atoms with Crippen LogP contribution in [0.3, 0.4) is 0 Å². The van der Waals surface area contributed by atoms with Gasteiger partial charge in [-0.05, 0) is 30.9 Å². The molecule has 2 unspecified atom stereocenters. The summed E-state index contributed by atoms with van der Waals surface area (Å²) in [6.45, 7) is 0.288. The highest BCUT2D eigenvalue weighted by molar-refractivity contribution is 5.75. The van der Waals surface area contributed by atoms with Crippen molar-refractivity contribution in [3.05, 3.63) is 35.6 Å². The number of hydrogen-bond donors (Lipinski definition) is 3. The fraction of sp³-hybridized carbons (Fsp3) is 0.588. The zero-order valence-electron chi connectivity index (χ0n) is 12.6. The lowest BCUT2D eigenvalue weighted by molar-refractivity contribution is 0.00718. The van der Waals surface area contributed by atoms with Gasteiger partial charge in [0.25, 0.3) is 0 Å². The van der Waals surface area contributed by atoms with Crippen molar-refractivity contribution >= 4 is 6.03 Å². The van der Waals surface area contributed by atoms with Crippen LogP contribution in [-0.4, -0.2) is 29.3 Å². The number of nitrogens with one attached hydrogen (secondary N) is 2. The third-order valence-corrected chi connectivity index (χ3v) is 4.77. The molecule has 22 heavy (non-hydrogen) atoms. The number of carbonyl (C=O) groups excluding carboxylic acids is 1. The number of aliphatic hydroxyl groups is 1. The number of hydrogen-bond acceptors (Lipinski definition) is 2. The molecule has 0 bridgehead atoms. The minimum Gasteiger partial charge on any atom is -0.388 e. The monoisotopic (exact) mass is 306 g/mol. The molecule has 1 aromatic rings. The van der Waals surface area contributed by atoms with Gasteiger partial charge in [-0.25, -0.2) is 9.18 Å². The quantitative estimate of drug-likeness (QED) is 0.801. The summed E-state index contributed by atoms with van der Waals surface area (Å²) in [5.41, 5.74) is -0.0944. The molecule has 3 N–H and O–H groups in total. The molecule has 0 saturated heterocycles. The van der Waals surface area contributed by atoms with Crippen LogP contribution in [-0.2, 0) is 0 Å². The van der Waals surface area contributed by atoms with Crippen LogP contribution in [0.15, 0.2) is 24.3 Å². The highest BCUT2D eigenvalue weighted by atomic mass is 19.1. The molecule has 1 aromatic carbocycles. The van der Waals surface area contributed by atoms with Gasteiger partial charge in [0.15, 0.2) is 0 Å². The molecule has 0 spiro atoms. The van der Waals surface area contributed by atoms with E-state index in [2.05, 4.69) is 10.6 Å². The summed E-state index contributed by atoms with van der Waals surface area (Å²) in [5.74, 6) is -0.154. The summed E-state index contributed by atoms with van der Waals surface area (Å²) in [5, 5.41) is 16.0. The Labute approximate surface area is 130 Å². The molecule has 5 heteroatoms.